The van der Waals surface area contributed by atoms with Crippen molar-refractivity contribution in [2.24, 2.45) is 0 Å². The maximum Gasteiger partial charge on any atom is 0.254 e. The molecule has 1 heterocycles. The van der Waals surface area contributed by atoms with Gasteiger partial charge in [-0.2, -0.15) is 0 Å². The minimum absolute atomic E-state index is 0.135. The second-order valence-electron chi connectivity index (χ2n) is 6.64. The summed E-state index contributed by atoms with van der Waals surface area (Å²) < 4.78 is 2.24. The van der Waals surface area contributed by atoms with E-state index >= 15 is 0 Å². The van der Waals surface area contributed by atoms with Crippen molar-refractivity contribution in [3.8, 4) is 0 Å². The Morgan fingerprint density at radius 1 is 0.920 bits per heavy atom. The highest BCUT2D eigenvalue weighted by molar-refractivity contribution is 5.94. The van der Waals surface area contributed by atoms with E-state index < -0.39 is 0 Å². The zero-order valence-corrected chi connectivity index (χ0v) is 14.2. The Morgan fingerprint density at radius 2 is 1.60 bits per heavy atom. The van der Waals surface area contributed by atoms with Crippen LogP contribution in [0.4, 0.5) is 0 Å². The fourth-order valence-corrected chi connectivity index (χ4v) is 3.20. The molecule has 3 heteroatoms. The fraction of sp³-hybridized carbons (Fsp3) is 0.227. The van der Waals surface area contributed by atoms with Gasteiger partial charge in [0.2, 0.25) is 0 Å². The van der Waals surface area contributed by atoms with Gasteiger partial charge in [0, 0.05) is 30.0 Å². The number of rotatable bonds is 6. The summed E-state index contributed by atoms with van der Waals surface area (Å²) in [6, 6.07) is 24.6. The van der Waals surface area contributed by atoms with Crippen molar-refractivity contribution in [3.05, 3.63) is 95.8 Å². The van der Waals surface area contributed by atoms with Crippen LogP contribution in [0.1, 0.15) is 34.5 Å². The molecule has 0 atom stereocenters. The quantitative estimate of drug-likeness (QED) is 0.660. The summed E-state index contributed by atoms with van der Waals surface area (Å²) in [6.07, 6.45) is 4.32. The lowest BCUT2D eigenvalue weighted by Crippen LogP contribution is -2.33. The Kier molecular flexibility index (Phi) is 4.38. The fourth-order valence-electron chi connectivity index (χ4n) is 3.20. The molecule has 0 aliphatic heterocycles. The van der Waals surface area contributed by atoms with Crippen LogP contribution in [-0.2, 0) is 13.1 Å². The predicted molar refractivity (Wildman–Crippen MR) is 99.3 cm³/mol. The van der Waals surface area contributed by atoms with E-state index in [4.69, 9.17) is 0 Å². The molecule has 3 aromatic rings. The van der Waals surface area contributed by atoms with Crippen LogP contribution < -0.4 is 0 Å². The molecule has 3 nitrogen and oxygen atoms in total. The average Bonchev–Trinajstić information content (AvgIpc) is 3.42. The van der Waals surface area contributed by atoms with E-state index in [1.54, 1.807) is 0 Å². The zero-order valence-electron chi connectivity index (χ0n) is 14.2. The number of hydrogen-bond donors (Lipinski definition) is 0. The molecule has 1 amide bonds. The third-order valence-corrected chi connectivity index (χ3v) is 4.72. The molecule has 1 fully saturated rings. The van der Waals surface area contributed by atoms with Crippen LogP contribution in [0.5, 0.6) is 0 Å². The second-order valence-corrected chi connectivity index (χ2v) is 6.64. The highest BCUT2D eigenvalue weighted by atomic mass is 16.2. The van der Waals surface area contributed by atoms with Gasteiger partial charge in [0.1, 0.15) is 0 Å². The van der Waals surface area contributed by atoms with Crippen molar-refractivity contribution in [2.75, 3.05) is 0 Å². The van der Waals surface area contributed by atoms with Crippen molar-refractivity contribution < 1.29 is 4.79 Å². The lowest BCUT2D eigenvalue weighted by molar-refractivity contribution is 0.0726. The van der Waals surface area contributed by atoms with Crippen LogP contribution in [0, 0.1) is 0 Å². The molecule has 1 aliphatic rings. The maximum atomic E-state index is 12.9. The van der Waals surface area contributed by atoms with E-state index in [1.807, 2.05) is 41.3 Å². The molecule has 1 saturated carbocycles. The minimum Gasteiger partial charge on any atom is -0.345 e. The van der Waals surface area contributed by atoms with Gasteiger partial charge in [0.05, 0.1) is 6.54 Å². The Balaban J connectivity index is 1.54. The molecule has 126 valence electrons. The molecule has 0 spiro atoms. The van der Waals surface area contributed by atoms with E-state index in [0.717, 1.165) is 24.9 Å². The summed E-state index contributed by atoms with van der Waals surface area (Å²) in [4.78, 5) is 15.0. The summed E-state index contributed by atoms with van der Waals surface area (Å²) in [5.74, 6) is 0.135. The zero-order chi connectivity index (χ0) is 17.1. The van der Waals surface area contributed by atoms with Crippen molar-refractivity contribution in [2.45, 2.75) is 32.0 Å². The van der Waals surface area contributed by atoms with Gasteiger partial charge in [-0.3, -0.25) is 4.79 Å². The van der Waals surface area contributed by atoms with Gasteiger partial charge in [-0.25, -0.2) is 0 Å². The molecule has 25 heavy (non-hydrogen) atoms. The first-order valence-corrected chi connectivity index (χ1v) is 8.85. The summed E-state index contributed by atoms with van der Waals surface area (Å²) in [6.45, 7) is 1.50. The van der Waals surface area contributed by atoms with Crippen LogP contribution >= 0.6 is 0 Å². The Hall–Kier alpha value is -2.81. The molecule has 0 saturated heterocycles. The smallest absolute Gasteiger partial charge is 0.254 e. The topological polar surface area (TPSA) is 25.2 Å². The first-order chi connectivity index (χ1) is 12.3. The van der Waals surface area contributed by atoms with Crippen molar-refractivity contribution in [1.82, 2.24) is 9.47 Å². The van der Waals surface area contributed by atoms with E-state index in [0.29, 0.717) is 12.6 Å². The molecular formula is C22H22N2O. The van der Waals surface area contributed by atoms with Crippen molar-refractivity contribution in [1.29, 1.82) is 0 Å². The number of nitrogens with zero attached hydrogens (tertiary/aromatic N) is 2. The average molecular weight is 330 g/mol. The second kappa shape index (κ2) is 6.98. The van der Waals surface area contributed by atoms with Crippen LogP contribution in [0.2, 0.25) is 0 Å². The van der Waals surface area contributed by atoms with Crippen molar-refractivity contribution >= 4 is 5.91 Å². The number of aromatic nitrogens is 1. The Labute approximate surface area is 148 Å². The molecular weight excluding hydrogens is 308 g/mol. The number of carbonyl (C=O) groups excluding carboxylic acids is 1. The van der Waals surface area contributed by atoms with E-state index in [-0.39, 0.29) is 5.91 Å². The number of hydrogen-bond acceptors (Lipinski definition) is 1. The molecule has 0 radical (unpaired) electrons. The minimum atomic E-state index is 0.135. The van der Waals surface area contributed by atoms with Gasteiger partial charge in [-0.05, 0) is 42.7 Å². The summed E-state index contributed by atoms with van der Waals surface area (Å²) in [5, 5.41) is 0. The lowest BCUT2D eigenvalue weighted by atomic mass is 10.2. The van der Waals surface area contributed by atoms with Crippen LogP contribution in [-0.4, -0.2) is 21.4 Å². The lowest BCUT2D eigenvalue weighted by Gasteiger charge is -2.23. The van der Waals surface area contributed by atoms with Crippen molar-refractivity contribution in [3.63, 3.8) is 0 Å². The van der Waals surface area contributed by atoms with Crippen LogP contribution in [0.15, 0.2) is 79.0 Å². The molecule has 0 N–H and O–H groups in total. The Morgan fingerprint density at radius 3 is 2.28 bits per heavy atom. The van der Waals surface area contributed by atoms with E-state index in [9.17, 15) is 4.79 Å². The molecule has 1 aromatic heterocycles. The highest BCUT2D eigenvalue weighted by Crippen LogP contribution is 2.30. The van der Waals surface area contributed by atoms with E-state index in [1.165, 1.54) is 11.3 Å². The first kappa shape index (κ1) is 15.7. The summed E-state index contributed by atoms with van der Waals surface area (Å²) >= 11 is 0. The summed E-state index contributed by atoms with van der Waals surface area (Å²) in [5.41, 5.74) is 3.22. The summed E-state index contributed by atoms with van der Waals surface area (Å²) in [7, 11) is 0. The molecule has 2 aromatic carbocycles. The molecule has 4 rings (SSSR count). The van der Waals surface area contributed by atoms with Gasteiger partial charge < -0.3 is 9.47 Å². The van der Waals surface area contributed by atoms with Crippen LogP contribution in [0.25, 0.3) is 0 Å². The van der Waals surface area contributed by atoms with Gasteiger partial charge in [-0.15, -0.1) is 0 Å². The largest absolute Gasteiger partial charge is 0.345 e. The first-order valence-electron chi connectivity index (χ1n) is 8.85. The van der Waals surface area contributed by atoms with Gasteiger partial charge in [-0.1, -0.05) is 48.5 Å². The normalized spacial score (nSPS) is 13.6. The SMILES string of the molecule is O=C(c1ccccc1)N(Cc1cccn1Cc1ccccc1)C1CC1. The van der Waals surface area contributed by atoms with Gasteiger partial charge in [0.25, 0.3) is 5.91 Å². The number of amides is 1. The van der Waals surface area contributed by atoms with E-state index in [2.05, 4.69) is 47.2 Å². The Bertz CT molecular complexity index is 835. The van der Waals surface area contributed by atoms with Gasteiger partial charge >= 0.3 is 0 Å². The predicted octanol–water partition coefficient (Wildman–Crippen LogP) is 4.34. The molecule has 1 aliphatic carbocycles. The molecule has 0 unspecified atom stereocenters. The van der Waals surface area contributed by atoms with Gasteiger partial charge in [0.15, 0.2) is 0 Å². The number of benzene rings is 2. The molecule has 0 bridgehead atoms. The number of carbonyl (C=O) groups is 1. The standard InChI is InChI=1S/C22H22N2O/c25-22(19-10-5-2-6-11-19)24(20-13-14-20)17-21-12-7-15-23(21)16-18-8-3-1-4-9-18/h1-12,15,20H,13-14,16-17H2. The third-order valence-electron chi connectivity index (χ3n) is 4.72. The highest BCUT2D eigenvalue weighted by Gasteiger charge is 2.33. The third kappa shape index (κ3) is 3.66. The maximum absolute atomic E-state index is 12.9. The van der Waals surface area contributed by atoms with Crippen LogP contribution in [0.3, 0.4) is 0 Å². The monoisotopic (exact) mass is 330 g/mol.